The Morgan fingerprint density at radius 1 is 1.14 bits per heavy atom. The highest BCUT2D eigenvalue weighted by molar-refractivity contribution is 5.41. The maximum atomic E-state index is 13.3. The lowest BCUT2D eigenvalue weighted by molar-refractivity contribution is 0.624. The Bertz CT molecular complexity index is 665. The first-order valence-electron chi connectivity index (χ1n) is 8.13. The van der Waals surface area contributed by atoms with Crippen LogP contribution in [-0.2, 0) is 6.42 Å². The van der Waals surface area contributed by atoms with Crippen LogP contribution in [0, 0.1) is 5.82 Å². The topological polar surface area (TPSA) is 29.0 Å². The predicted molar refractivity (Wildman–Crippen MR) is 84.5 cm³/mol. The van der Waals surface area contributed by atoms with Crippen LogP contribution in [0.15, 0.2) is 36.5 Å². The van der Waals surface area contributed by atoms with Gasteiger partial charge >= 0.3 is 0 Å². The van der Waals surface area contributed by atoms with Crippen LogP contribution in [0.3, 0.4) is 0 Å². The van der Waals surface area contributed by atoms with Gasteiger partial charge < -0.3 is 4.90 Å². The van der Waals surface area contributed by atoms with E-state index in [2.05, 4.69) is 9.88 Å². The zero-order valence-corrected chi connectivity index (χ0v) is 12.6. The van der Waals surface area contributed by atoms with Crippen molar-refractivity contribution in [3.8, 4) is 0 Å². The molecule has 1 heterocycles. The Kier molecular flexibility index (Phi) is 3.53. The van der Waals surface area contributed by atoms with Crippen molar-refractivity contribution in [2.24, 2.45) is 0 Å². The number of aromatic nitrogens is 2. The summed E-state index contributed by atoms with van der Waals surface area (Å²) >= 11 is 0. The summed E-state index contributed by atoms with van der Waals surface area (Å²) in [7, 11) is 0. The molecule has 0 unspecified atom stereocenters. The molecule has 0 atom stereocenters. The van der Waals surface area contributed by atoms with Gasteiger partial charge in [-0.2, -0.15) is 0 Å². The van der Waals surface area contributed by atoms with Crippen molar-refractivity contribution in [1.82, 2.24) is 9.97 Å². The first kappa shape index (κ1) is 13.7. The van der Waals surface area contributed by atoms with E-state index >= 15 is 0 Å². The van der Waals surface area contributed by atoms with Crippen molar-refractivity contribution in [3.05, 3.63) is 53.7 Å². The van der Waals surface area contributed by atoms with E-state index in [4.69, 9.17) is 4.98 Å². The van der Waals surface area contributed by atoms with Crippen LogP contribution in [0.5, 0.6) is 0 Å². The summed E-state index contributed by atoms with van der Waals surface area (Å²) < 4.78 is 13.3. The molecule has 0 spiro atoms. The van der Waals surface area contributed by atoms with Gasteiger partial charge in [-0.25, -0.2) is 14.4 Å². The maximum absolute atomic E-state index is 13.3. The van der Waals surface area contributed by atoms with E-state index in [1.54, 1.807) is 12.1 Å². The van der Waals surface area contributed by atoms with Crippen LogP contribution in [0.4, 0.5) is 10.2 Å². The molecule has 0 saturated heterocycles. The molecule has 3 nitrogen and oxygen atoms in total. The Labute approximate surface area is 130 Å². The molecule has 4 rings (SSSR count). The molecule has 2 aromatic rings. The van der Waals surface area contributed by atoms with Crippen LogP contribution < -0.4 is 4.90 Å². The number of hydrogen-bond donors (Lipinski definition) is 0. The summed E-state index contributed by atoms with van der Waals surface area (Å²) in [5, 5.41) is 0. The van der Waals surface area contributed by atoms with Crippen molar-refractivity contribution in [2.75, 3.05) is 11.4 Å². The van der Waals surface area contributed by atoms with E-state index in [-0.39, 0.29) is 5.82 Å². The minimum atomic E-state index is -0.159. The molecule has 2 aliphatic carbocycles. The third-order valence-electron chi connectivity index (χ3n) is 4.41. The van der Waals surface area contributed by atoms with Gasteiger partial charge in [-0.3, -0.25) is 0 Å². The molecule has 1 aromatic heterocycles. The van der Waals surface area contributed by atoms with Crippen LogP contribution in [-0.4, -0.2) is 22.6 Å². The Morgan fingerprint density at radius 3 is 2.73 bits per heavy atom. The summed E-state index contributed by atoms with van der Waals surface area (Å²) in [6.45, 7) is 0.884. The number of hydrogen-bond acceptors (Lipinski definition) is 3. The van der Waals surface area contributed by atoms with Gasteiger partial charge in [-0.1, -0.05) is 12.1 Å². The molecule has 2 aliphatic rings. The van der Waals surface area contributed by atoms with Crippen LogP contribution in [0.2, 0.25) is 0 Å². The van der Waals surface area contributed by atoms with Gasteiger partial charge in [-0.15, -0.1) is 0 Å². The Morgan fingerprint density at radius 2 is 2.00 bits per heavy atom. The van der Waals surface area contributed by atoms with Crippen molar-refractivity contribution in [1.29, 1.82) is 0 Å². The SMILES string of the molecule is Fc1cccc(CCN(c2ccnc(C3CC3)n2)C2CC2)c1. The van der Waals surface area contributed by atoms with Gasteiger partial charge in [0.1, 0.15) is 17.5 Å². The van der Waals surface area contributed by atoms with E-state index in [0.717, 1.165) is 30.2 Å². The number of anilines is 1. The van der Waals surface area contributed by atoms with Crippen LogP contribution in [0.1, 0.15) is 43.0 Å². The highest BCUT2D eigenvalue weighted by atomic mass is 19.1. The molecule has 0 bridgehead atoms. The van der Waals surface area contributed by atoms with E-state index in [1.807, 2.05) is 18.3 Å². The van der Waals surface area contributed by atoms with Gasteiger partial charge in [0.25, 0.3) is 0 Å². The summed E-state index contributed by atoms with van der Waals surface area (Å²) in [5.41, 5.74) is 1.04. The molecule has 4 heteroatoms. The second kappa shape index (κ2) is 5.67. The summed E-state index contributed by atoms with van der Waals surface area (Å²) in [6, 6.07) is 9.49. The summed E-state index contributed by atoms with van der Waals surface area (Å²) in [5.74, 6) is 2.45. The van der Waals surface area contributed by atoms with Crippen LogP contribution in [0.25, 0.3) is 0 Å². The zero-order valence-electron chi connectivity index (χ0n) is 12.6. The molecule has 0 radical (unpaired) electrons. The molecular weight excluding hydrogens is 277 g/mol. The minimum Gasteiger partial charge on any atom is -0.353 e. The lowest BCUT2D eigenvalue weighted by Crippen LogP contribution is -2.29. The lowest BCUT2D eigenvalue weighted by atomic mass is 10.1. The van der Waals surface area contributed by atoms with Gasteiger partial charge in [0.15, 0.2) is 0 Å². The fraction of sp³-hybridized carbons (Fsp3) is 0.444. The molecule has 0 N–H and O–H groups in total. The molecule has 22 heavy (non-hydrogen) atoms. The molecule has 114 valence electrons. The fourth-order valence-corrected chi connectivity index (χ4v) is 2.87. The van der Waals surface area contributed by atoms with Gasteiger partial charge in [0.05, 0.1) is 0 Å². The smallest absolute Gasteiger partial charge is 0.133 e. The molecule has 0 aliphatic heterocycles. The predicted octanol–water partition coefficient (Wildman–Crippen LogP) is 3.70. The number of rotatable bonds is 6. The fourth-order valence-electron chi connectivity index (χ4n) is 2.87. The Balaban J connectivity index is 1.50. The van der Waals surface area contributed by atoms with Crippen molar-refractivity contribution < 1.29 is 4.39 Å². The van der Waals surface area contributed by atoms with Gasteiger partial charge in [0.2, 0.25) is 0 Å². The average molecular weight is 297 g/mol. The van der Waals surface area contributed by atoms with E-state index in [9.17, 15) is 4.39 Å². The van der Waals surface area contributed by atoms with E-state index in [1.165, 1.54) is 31.7 Å². The van der Waals surface area contributed by atoms with E-state index < -0.39 is 0 Å². The highest BCUT2D eigenvalue weighted by Crippen LogP contribution is 2.39. The summed E-state index contributed by atoms with van der Waals surface area (Å²) in [6.07, 6.45) is 7.62. The van der Waals surface area contributed by atoms with Crippen molar-refractivity contribution in [3.63, 3.8) is 0 Å². The minimum absolute atomic E-state index is 0.159. The molecular formula is C18H20FN3. The quantitative estimate of drug-likeness (QED) is 0.814. The molecule has 2 fully saturated rings. The third-order valence-corrected chi connectivity index (χ3v) is 4.41. The highest BCUT2D eigenvalue weighted by Gasteiger charge is 2.31. The molecule has 0 amide bonds. The van der Waals surface area contributed by atoms with Crippen LogP contribution >= 0.6 is 0 Å². The van der Waals surface area contributed by atoms with Gasteiger partial charge in [-0.05, 0) is 55.9 Å². The first-order chi connectivity index (χ1) is 10.8. The summed E-state index contributed by atoms with van der Waals surface area (Å²) in [4.78, 5) is 11.5. The Hall–Kier alpha value is -1.97. The number of nitrogens with zero attached hydrogens (tertiary/aromatic N) is 3. The largest absolute Gasteiger partial charge is 0.353 e. The maximum Gasteiger partial charge on any atom is 0.133 e. The van der Waals surface area contributed by atoms with E-state index in [0.29, 0.717) is 12.0 Å². The normalized spacial score (nSPS) is 17.5. The number of halogens is 1. The third kappa shape index (κ3) is 3.11. The second-order valence-electron chi connectivity index (χ2n) is 6.35. The first-order valence-corrected chi connectivity index (χ1v) is 8.13. The standard InChI is InChI=1S/C18H20FN3/c19-15-3-1-2-13(12-15)9-11-22(16-6-7-16)17-8-10-20-18(21-17)14-4-5-14/h1-3,8,10,12,14,16H,4-7,9,11H2. The lowest BCUT2D eigenvalue weighted by Gasteiger charge is -2.24. The molecule has 1 aromatic carbocycles. The monoisotopic (exact) mass is 297 g/mol. The second-order valence-corrected chi connectivity index (χ2v) is 6.35. The van der Waals surface area contributed by atoms with Crippen molar-refractivity contribution in [2.45, 2.75) is 44.1 Å². The molecule has 2 saturated carbocycles. The average Bonchev–Trinajstić information content (AvgIpc) is 3.39. The zero-order chi connectivity index (χ0) is 14.9. The number of benzene rings is 1. The van der Waals surface area contributed by atoms with Gasteiger partial charge in [0, 0.05) is 24.7 Å². The van der Waals surface area contributed by atoms with Crippen molar-refractivity contribution >= 4 is 5.82 Å².